The number of nitrogens with one attached hydrogen (secondary N) is 1. The maximum Gasteiger partial charge on any atom is 0.251 e. The maximum absolute atomic E-state index is 12.6. The minimum absolute atomic E-state index is 0.0145. The number of amides is 1. The highest BCUT2D eigenvalue weighted by atomic mass is 16.5. The van der Waals surface area contributed by atoms with Gasteiger partial charge in [0.15, 0.2) is 0 Å². The van der Waals surface area contributed by atoms with Gasteiger partial charge >= 0.3 is 0 Å². The zero-order chi connectivity index (χ0) is 17.1. The molecular weight excluding hydrogens is 316 g/mol. The van der Waals surface area contributed by atoms with Crippen LogP contribution in [0.25, 0.3) is 0 Å². The number of piperidine rings is 1. The zero-order valence-electron chi connectivity index (χ0n) is 14.1. The molecule has 2 aliphatic heterocycles. The second-order valence-corrected chi connectivity index (χ2v) is 6.60. The summed E-state index contributed by atoms with van der Waals surface area (Å²) in [6.07, 6.45) is 9.14. The van der Waals surface area contributed by atoms with Crippen LogP contribution in [0.1, 0.15) is 35.2 Å². The first-order chi connectivity index (χ1) is 12.3. The van der Waals surface area contributed by atoms with Crippen LogP contribution < -0.4 is 15.0 Å². The molecule has 0 radical (unpaired) electrons. The molecule has 0 aliphatic carbocycles. The second kappa shape index (κ2) is 7.09. The molecule has 6 nitrogen and oxygen atoms in total. The van der Waals surface area contributed by atoms with Crippen molar-refractivity contribution < 1.29 is 9.53 Å². The van der Waals surface area contributed by atoms with Crippen molar-refractivity contribution >= 4 is 11.7 Å². The normalized spacial score (nSPS) is 19.7. The van der Waals surface area contributed by atoms with Crippen LogP contribution in [0.15, 0.2) is 36.8 Å². The first-order valence-electron chi connectivity index (χ1n) is 8.87. The van der Waals surface area contributed by atoms with Crippen molar-refractivity contribution in [1.82, 2.24) is 15.3 Å². The van der Waals surface area contributed by atoms with Gasteiger partial charge in [0.2, 0.25) is 0 Å². The van der Waals surface area contributed by atoms with E-state index in [4.69, 9.17) is 4.74 Å². The third-order valence-corrected chi connectivity index (χ3v) is 4.80. The summed E-state index contributed by atoms with van der Waals surface area (Å²) < 4.78 is 5.62. The van der Waals surface area contributed by atoms with Gasteiger partial charge < -0.3 is 15.0 Å². The van der Waals surface area contributed by atoms with E-state index in [0.29, 0.717) is 5.56 Å². The molecule has 1 amide bonds. The van der Waals surface area contributed by atoms with Gasteiger partial charge in [-0.3, -0.25) is 9.78 Å². The highest BCUT2D eigenvalue weighted by Crippen LogP contribution is 2.25. The van der Waals surface area contributed by atoms with Crippen molar-refractivity contribution in [2.24, 2.45) is 0 Å². The Kier molecular flexibility index (Phi) is 4.50. The first-order valence-corrected chi connectivity index (χ1v) is 8.87. The van der Waals surface area contributed by atoms with Gasteiger partial charge in [0.05, 0.1) is 12.8 Å². The topological polar surface area (TPSA) is 67.4 Å². The summed E-state index contributed by atoms with van der Waals surface area (Å²) in [6, 6.07) is 5.85. The molecule has 2 aromatic rings. The van der Waals surface area contributed by atoms with Gasteiger partial charge in [0.1, 0.15) is 11.6 Å². The lowest BCUT2D eigenvalue weighted by atomic mass is 10.0. The quantitative estimate of drug-likeness (QED) is 0.929. The van der Waals surface area contributed by atoms with E-state index in [1.165, 1.54) is 0 Å². The molecule has 1 fully saturated rings. The number of hydrogen-bond donors (Lipinski definition) is 1. The van der Waals surface area contributed by atoms with Crippen molar-refractivity contribution in [3.05, 3.63) is 47.9 Å². The number of anilines is 1. The lowest BCUT2D eigenvalue weighted by Crippen LogP contribution is -2.48. The molecule has 0 spiro atoms. The zero-order valence-corrected chi connectivity index (χ0v) is 14.1. The number of rotatable bonds is 3. The molecule has 25 heavy (non-hydrogen) atoms. The Labute approximate surface area is 147 Å². The van der Waals surface area contributed by atoms with Crippen LogP contribution in [0.3, 0.4) is 0 Å². The van der Waals surface area contributed by atoms with Gasteiger partial charge in [-0.15, -0.1) is 0 Å². The summed E-state index contributed by atoms with van der Waals surface area (Å²) in [5.74, 6) is 1.76. The number of ether oxygens (including phenoxy) is 1. The fourth-order valence-electron chi connectivity index (χ4n) is 3.53. The van der Waals surface area contributed by atoms with E-state index >= 15 is 0 Å². The van der Waals surface area contributed by atoms with Crippen LogP contribution >= 0.6 is 0 Å². The summed E-state index contributed by atoms with van der Waals surface area (Å²) in [7, 11) is 0. The fourth-order valence-corrected chi connectivity index (χ4v) is 3.53. The molecule has 1 N–H and O–H groups in total. The SMILES string of the molecule is O=C(NC1CCCN(c2cnccn2)C1)c1ccc2c(c1)CCCO2. The number of aryl methyl sites for hydroxylation is 1. The van der Waals surface area contributed by atoms with Crippen LogP contribution in [-0.4, -0.2) is 41.6 Å². The Hall–Kier alpha value is -2.63. The summed E-state index contributed by atoms with van der Waals surface area (Å²) in [4.78, 5) is 23.3. The molecule has 4 rings (SSSR count). The number of fused-ring (bicyclic) bond motifs is 1. The number of aromatic nitrogens is 2. The Morgan fingerprint density at radius 1 is 1.28 bits per heavy atom. The minimum Gasteiger partial charge on any atom is -0.493 e. The van der Waals surface area contributed by atoms with Crippen LogP contribution in [0.5, 0.6) is 5.75 Å². The van der Waals surface area contributed by atoms with Gasteiger partial charge in [-0.1, -0.05) is 0 Å². The number of benzene rings is 1. The largest absolute Gasteiger partial charge is 0.493 e. The minimum atomic E-state index is -0.0145. The molecule has 1 unspecified atom stereocenters. The molecule has 0 saturated carbocycles. The Morgan fingerprint density at radius 3 is 3.12 bits per heavy atom. The van der Waals surface area contributed by atoms with E-state index in [1.807, 2.05) is 18.2 Å². The Balaban J connectivity index is 1.42. The molecule has 1 aromatic heterocycles. The monoisotopic (exact) mass is 338 g/mol. The summed E-state index contributed by atoms with van der Waals surface area (Å²) in [5.41, 5.74) is 1.84. The summed E-state index contributed by atoms with van der Waals surface area (Å²) in [5, 5.41) is 3.17. The molecule has 1 atom stereocenters. The summed E-state index contributed by atoms with van der Waals surface area (Å²) in [6.45, 7) is 2.47. The van der Waals surface area contributed by atoms with E-state index in [9.17, 15) is 4.79 Å². The third-order valence-electron chi connectivity index (χ3n) is 4.80. The van der Waals surface area contributed by atoms with Gasteiger partial charge in [-0.05, 0) is 49.4 Å². The number of carbonyl (C=O) groups is 1. The molecule has 130 valence electrons. The van der Waals surface area contributed by atoms with Gasteiger partial charge in [-0.25, -0.2) is 4.98 Å². The predicted octanol–water partition coefficient (Wildman–Crippen LogP) is 2.20. The lowest BCUT2D eigenvalue weighted by molar-refractivity contribution is 0.0933. The Bertz CT molecular complexity index is 750. The summed E-state index contributed by atoms with van der Waals surface area (Å²) >= 11 is 0. The first kappa shape index (κ1) is 15.9. The Morgan fingerprint density at radius 2 is 2.24 bits per heavy atom. The second-order valence-electron chi connectivity index (χ2n) is 6.60. The number of hydrogen-bond acceptors (Lipinski definition) is 5. The third kappa shape index (κ3) is 3.57. The molecule has 1 aromatic carbocycles. The van der Waals surface area contributed by atoms with Crippen molar-refractivity contribution in [2.45, 2.75) is 31.7 Å². The predicted molar refractivity (Wildman–Crippen MR) is 95.0 cm³/mol. The molecule has 0 bridgehead atoms. The van der Waals surface area contributed by atoms with Crippen LogP contribution in [0.2, 0.25) is 0 Å². The maximum atomic E-state index is 12.6. The molecule has 2 aliphatic rings. The van der Waals surface area contributed by atoms with E-state index in [2.05, 4.69) is 20.2 Å². The van der Waals surface area contributed by atoms with Crippen LogP contribution in [0.4, 0.5) is 5.82 Å². The van der Waals surface area contributed by atoms with Crippen molar-refractivity contribution in [3.8, 4) is 5.75 Å². The van der Waals surface area contributed by atoms with Crippen LogP contribution in [-0.2, 0) is 6.42 Å². The molecular formula is C19H22N4O2. The number of carbonyl (C=O) groups excluding carboxylic acids is 1. The molecule has 1 saturated heterocycles. The van der Waals surface area contributed by atoms with E-state index < -0.39 is 0 Å². The molecule has 3 heterocycles. The lowest BCUT2D eigenvalue weighted by Gasteiger charge is -2.33. The van der Waals surface area contributed by atoms with Gasteiger partial charge in [0.25, 0.3) is 5.91 Å². The smallest absolute Gasteiger partial charge is 0.251 e. The van der Waals surface area contributed by atoms with Gasteiger partial charge in [-0.2, -0.15) is 0 Å². The van der Waals surface area contributed by atoms with E-state index in [0.717, 1.165) is 62.5 Å². The molecule has 6 heteroatoms. The van der Waals surface area contributed by atoms with E-state index in [1.54, 1.807) is 18.6 Å². The van der Waals surface area contributed by atoms with Crippen molar-refractivity contribution in [1.29, 1.82) is 0 Å². The number of nitrogens with zero attached hydrogens (tertiary/aromatic N) is 3. The van der Waals surface area contributed by atoms with Gasteiger partial charge in [0, 0.05) is 37.1 Å². The van der Waals surface area contributed by atoms with Crippen LogP contribution in [0, 0.1) is 0 Å². The highest BCUT2D eigenvalue weighted by molar-refractivity contribution is 5.94. The van der Waals surface area contributed by atoms with E-state index in [-0.39, 0.29) is 11.9 Å². The van der Waals surface area contributed by atoms with Crippen molar-refractivity contribution in [3.63, 3.8) is 0 Å². The highest BCUT2D eigenvalue weighted by Gasteiger charge is 2.23. The standard InChI is InChI=1S/C19H22N4O2/c24-19(15-5-6-17-14(11-15)3-2-10-25-17)22-16-4-1-9-23(13-16)18-12-20-7-8-21-18/h5-8,11-12,16H,1-4,9-10,13H2,(H,22,24). The fraction of sp³-hybridized carbons (Fsp3) is 0.421. The van der Waals surface area contributed by atoms with Crippen molar-refractivity contribution in [2.75, 3.05) is 24.6 Å². The average molecular weight is 338 g/mol. The average Bonchev–Trinajstić information content (AvgIpc) is 2.68.